The van der Waals surface area contributed by atoms with Crippen LogP contribution in [-0.2, 0) is 4.79 Å². The summed E-state index contributed by atoms with van der Waals surface area (Å²) < 4.78 is 0.780. The molecule has 2 aromatic carbocycles. The van der Waals surface area contributed by atoms with Gasteiger partial charge in [-0.05, 0) is 35.4 Å². The van der Waals surface area contributed by atoms with Gasteiger partial charge < -0.3 is 16.2 Å². The summed E-state index contributed by atoms with van der Waals surface area (Å²) in [6.45, 7) is 0. The molecule has 1 heterocycles. The minimum absolute atomic E-state index is 0.0520. The number of aliphatic carboxylic acids is 1. The molecule has 1 aliphatic heterocycles. The predicted octanol–water partition coefficient (Wildman–Crippen LogP) is 3.98. The minimum atomic E-state index is -1.13. The fourth-order valence-corrected chi connectivity index (χ4v) is 3.48. The number of benzene rings is 2. The number of halogens is 2. The molecule has 1 atom stereocenters. The van der Waals surface area contributed by atoms with Crippen LogP contribution in [0, 0.1) is 11.3 Å². The molecule has 0 saturated heterocycles. The highest BCUT2D eigenvalue weighted by Gasteiger charge is 2.35. The van der Waals surface area contributed by atoms with E-state index in [1.54, 1.807) is 42.5 Å². The number of nitriles is 1. The summed E-state index contributed by atoms with van der Waals surface area (Å²) in [6, 6.07) is 16.0. The number of hydrogen-bond acceptors (Lipinski definition) is 4. The fourth-order valence-electron chi connectivity index (χ4n) is 2.93. The van der Waals surface area contributed by atoms with Crippen LogP contribution < -0.4 is 11.1 Å². The van der Waals surface area contributed by atoms with E-state index < -0.39 is 11.9 Å². The molecule has 0 aliphatic carbocycles. The molecule has 26 heavy (non-hydrogen) atoms. The molecule has 4 N–H and O–H groups in total. The van der Waals surface area contributed by atoms with Gasteiger partial charge in [0.05, 0.1) is 28.8 Å². The van der Waals surface area contributed by atoms with Gasteiger partial charge in [-0.15, -0.1) is 0 Å². The third kappa shape index (κ3) is 3.32. The van der Waals surface area contributed by atoms with Gasteiger partial charge in [0.1, 0.15) is 5.82 Å². The second kappa shape index (κ2) is 7.24. The Morgan fingerprint density at radius 2 is 1.96 bits per heavy atom. The molecular formula is C19H13BrClN3O2. The lowest BCUT2D eigenvalue weighted by Crippen LogP contribution is -2.32. The molecule has 2 aromatic rings. The van der Waals surface area contributed by atoms with Crippen molar-refractivity contribution in [1.82, 2.24) is 5.32 Å². The van der Waals surface area contributed by atoms with Crippen molar-refractivity contribution in [2.75, 3.05) is 0 Å². The van der Waals surface area contributed by atoms with E-state index in [4.69, 9.17) is 17.3 Å². The van der Waals surface area contributed by atoms with Gasteiger partial charge in [0.25, 0.3) is 0 Å². The molecule has 5 nitrogen and oxygen atoms in total. The van der Waals surface area contributed by atoms with Crippen LogP contribution in [0.1, 0.15) is 17.0 Å². The van der Waals surface area contributed by atoms with Crippen molar-refractivity contribution < 1.29 is 9.90 Å². The summed E-state index contributed by atoms with van der Waals surface area (Å²) in [7, 11) is 0. The molecule has 7 heteroatoms. The molecule has 0 amide bonds. The summed E-state index contributed by atoms with van der Waals surface area (Å²) in [6.07, 6.45) is 0. The predicted molar refractivity (Wildman–Crippen MR) is 103 cm³/mol. The normalized spacial score (nSPS) is 16.9. The maximum absolute atomic E-state index is 12.1. The van der Waals surface area contributed by atoms with Crippen molar-refractivity contribution >= 4 is 39.2 Å². The second-order valence-electron chi connectivity index (χ2n) is 5.65. The standard InChI is InChI=1S/C19H13BrClN3O2/c20-12-3-1-2-11(8-12)15-14(9-22)18(23)24-17(16(15)19(25)26)10-4-6-13(21)7-5-10/h1-8,15,24H,23H2,(H,25,26). The van der Waals surface area contributed by atoms with Gasteiger partial charge in [-0.1, -0.05) is 51.8 Å². The first-order valence-corrected chi connectivity index (χ1v) is 8.75. The van der Waals surface area contributed by atoms with E-state index in [1.165, 1.54) is 0 Å². The summed E-state index contributed by atoms with van der Waals surface area (Å²) in [5.41, 5.74) is 7.89. The zero-order valence-electron chi connectivity index (χ0n) is 13.3. The lowest BCUT2D eigenvalue weighted by Gasteiger charge is -2.28. The molecule has 130 valence electrons. The van der Waals surface area contributed by atoms with Crippen LogP contribution >= 0.6 is 27.5 Å². The van der Waals surface area contributed by atoms with Crippen LogP contribution in [0.3, 0.4) is 0 Å². The number of nitrogens with one attached hydrogen (secondary N) is 1. The van der Waals surface area contributed by atoms with E-state index in [0.717, 1.165) is 4.47 Å². The van der Waals surface area contributed by atoms with Crippen molar-refractivity contribution in [3.63, 3.8) is 0 Å². The third-order valence-corrected chi connectivity index (χ3v) is 4.81. The number of carboxylic acid groups (broad SMARTS) is 1. The van der Waals surface area contributed by atoms with E-state index in [1.807, 2.05) is 12.1 Å². The molecule has 0 aromatic heterocycles. The van der Waals surface area contributed by atoms with Crippen LogP contribution in [0.5, 0.6) is 0 Å². The summed E-state index contributed by atoms with van der Waals surface area (Å²) in [5.74, 6) is -1.79. The Morgan fingerprint density at radius 3 is 2.54 bits per heavy atom. The van der Waals surface area contributed by atoms with E-state index in [2.05, 4.69) is 21.2 Å². The number of hydrogen-bond donors (Lipinski definition) is 3. The Bertz CT molecular complexity index is 991. The van der Waals surface area contributed by atoms with E-state index in [-0.39, 0.29) is 17.0 Å². The van der Waals surface area contributed by atoms with Crippen molar-refractivity contribution in [1.29, 1.82) is 5.26 Å². The van der Waals surface area contributed by atoms with Crippen molar-refractivity contribution in [2.24, 2.45) is 5.73 Å². The monoisotopic (exact) mass is 429 g/mol. The highest BCUT2D eigenvalue weighted by molar-refractivity contribution is 9.10. The van der Waals surface area contributed by atoms with Crippen LogP contribution in [0.25, 0.3) is 5.70 Å². The summed E-state index contributed by atoms with van der Waals surface area (Å²) in [5, 5.41) is 22.9. The summed E-state index contributed by atoms with van der Waals surface area (Å²) in [4.78, 5) is 12.1. The molecule has 1 aliphatic rings. The summed E-state index contributed by atoms with van der Waals surface area (Å²) >= 11 is 9.32. The van der Waals surface area contributed by atoms with Crippen molar-refractivity contribution in [2.45, 2.75) is 5.92 Å². The Balaban J connectivity index is 2.28. The van der Waals surface area contributed by atoms with E-state index >= 15 is 0 Å². The fraction of sp³-hybridized carbons (Fsp3) is 0.0526. The topological polar surface area (TPSA) is 99.1 Å². The Labute approximate surface area is 163 Å². The third-order valence-electron chi connectivity index (χ3n) is 4.06. The zero-order chi connectivity index (χ0) is 18.8. The van der Waals surface area contributed by atoms with Crippen LogP contribution in [0.15, 0.2) is 70.0 Å². The Morgan fingerprint density at radius 1 is 1.27 bits per heavy atom. The van der Waals surface area contributed by atoms with Gasteiger partial charge in [0, 0.05) is 9.50 Å². The molecule has 0 fully saturated rings. The maximum atomic E-state index is 12.1. The largest absolute Gasteiger partial charge is 0.478 e. The lowest BCUT2D eigenvalue weighted by atomic mass is 9.80. The first-order chi connectivity index (χ1) is 12.4. The van der Waals surface area contributed by atoms with Gasteiger partial charge >= 0.3 is 5.97 Å². The number of nitrogens with zero attached hydrogens (tertiary/aromatic N) is 1. The van der Waals surface area contributed by atoms with Gasteiger partial charge in [-0.2, -0.15) is 5.26 Å². The number of dihydropyridines is 1. The number of nitrogens with two attached hydrogens (primary N) is 1. The molecule has 0 bridgehead atoms. The van der Waals surface area contributed by atoms with Gasteiger partial charge in [0.2, 0.25) is 0 Å². The van der Waals surface area contributed by atoms with E-state index in [0.29, 0.717) is 21.8 Å². The van der Waals surface area contributed by atoms with Crippen LogP contribution in [-0.4, -0.2) is 11.1 Å². The maximum Gasteiger partial charge on any atom is 0.334 e. The molecule has 3 rings (SSSR count). The molecule has 0 radical (unpaired) electrons. The Kier molecular flexibility index (Phi) is 5.03. The van der Waals surface area contributed by atoms with Crippen LogP contribution in [0.2, 0.25) is 5.02 Å². The SMILES string of the molecule is N#CC1=C(N)NC(c2ccc(Cl)cc2)=C(C(=O)O)C1c1cccc(Br)c1. The average molecular weight is 431 g/mol. The number of rotatable bonds is 3. The van der Waals surface area contributed by atoms with Crippen molar-refractivity contribution in [3.8, 4) is 6.07 Å². The van der Waals surface area contributed by atoms with Gasteiger partial charge in [0.15, 0.2) is 0 Å². The lowest BCUT2D eigenvalue weighted by molar-refractivity contribution is -0.132. The Hall–Kier alpha value is -2.75. The molecular weight excluding hydrogens is 418 g/mol. The molecule has 0 spiro atoms. The second-order valence-corrected chi connectivity index (χ2v) is 7.01. The average Bonchev–Trinajstić information content (AvgIpc) is 2.61. The highest BCUT2D eigenvalue weighted by Crippen LogP contribution is 2.40. The minimum Gasteiger partial charge on any atom is -0.478 e. The number of carbonyl (C=O) groups is 1. The first kappa shape index (κ1) is 18.1. The molecule has 1 unspecified atom stereocenters. The van der Waals surface area contributed by atoms with Crippen molar-refractivity contribution in [3.05, 3.63) is 86.1 Å². The smallest absolute Gasteiger partial charge is 0.334 e. The van der Waals surface area contributed by atoms with Gasteiger partial charge in [-0.3, -0.25) is 0 Å². The number of allylic oxidation sites excluding steroid dienone is 1. The van der Waals surface area contributed by atoms with Crippen LogP contribution in [0.4, 0.5) is 0 Å². The highest BCUT2D eigenvalue weighted by atomic mass is 79.9. The molecule has 0 saturated carbocycles. The first-order valence-electron chi connectivity index (χ1n) is 7.58. The quantitative estimate of drug-likeness (QED) is 0.684. The number of carboxylic acids is 1. The van der Waals surface area contributed by atoms with E-state index in [9.17, 15) is 15.2 Å². The zero-order valence-corrected chi connectivity index (χ0v) is 15.7. The van der Waals surface area contributed by atoms with Gasteiger partial charge in [-0.25, -0.2) is 4.79 Å².